The van der Waals surface area contributed by atoms with Gasteiger partial charge < -0.3 is 11.1 Å². The molecule has 0 atom stereocenters. The van der Waals surface area contributed by atoms with Crippen LogP contribution in [0.3, 0.4) is 0 Å². The first-order valence-electron chi connectivity index (χ1n) is 6.14. The Bertz CT molecular complexity index is 608. The molecule has 4 nitrogen and oxygen atoms in total. The highest BCUT2D eigenvalue weighted by molar-refractivity contribution is 6.03. The fourth-order valence-electron chi connectivity index (χ4n) is 1.87. The number of hydrogen-bond donors (Lipinski definition) is 2. The Morgan fingerprint density at radius 1 is 1.26 bits per heavy atom. The monoisotopic (exact) mass is 255 g/mol. The lowest BCUT2D eigenvalue weighted by molar-refractivity contribution is 0.102. The lowest BCUT2D eigenvalue weighted by Crippen LogP contribution is -2.15. The minimum Gasteiger partial charge on any atom is -0.326 e. The smallest absolute Gasteiger partial charge is 0.274 e. The largest absolute Gasteiger partial charge is 0.326 e. The summed E-state index contributed by atoms with van der Waals surface area (Å²) in [7, 11) is 0. The first kappa shape index (κ1) is 13.2. The fraction of sp³-hybridized carbons (Fsp3) is 0.200. The van der Waals surface area contributed by atoms with Gasteiger partial charge in [0.05, 0.1) is 0 Å². The Hall–Kier alpha value is -2.20. The van der Waals surface area contributed by atoms with Gasteiger partial charge in [-0.3, -0.25) is 9.78 Å². The number of nitrogens with one attached hydrogen (secondary N) is 1. The van der Waals surface area contributed by atoms with E-state index in [4.69, 9.17) is 5.73 Å². The van der Waals surface area contributed by atoms with Gasteiger partial charge in [0.2, 0.25) is 0 Å². The van der Waals surface area contributed by atoms with E-state index >= 15 is 0 Å². The van der Waals surface area contributed by atoms with Gasteiger partial charge in [-0.1, -0.05) is 17.7 Å². The van der Waals surface area contributed by atoms with E-state index in [1.54, 1.807) is 18.3 Å². The van der Waals surface area contributed by atoms with E-state index in [0.29, 0.717) is 12.2 Å². The van der Waals surface area contributed by atoms with Crippen molar-refractivity contribution in [3.63, 3.8) is 0 Å². The summed E-state index contributed by atoms with van der Waals surface area (Å²) in [6.45, 7) is 4.38. The number of nitrogens with zero attached hydrogens (tertiary/aromatic N) is 1. The van der Waals surface area contributed by atoms with Crippen LogP contribution in [0.4, 0.5) is 5.69 Å². The molecule has 0 aliphatic rings. The Labute approximate surface area is 112 Å². The van der Waals surface area contributed by atoms with Crippen molar-refractivity contribution < 1.29 is 4.79 Å². The lowest BCUT2D eigenvalue weighted by atomic mass is 10.1. The number of carbonyl (C=O) groups is 1. The second-order valence-corrected chi connectivity index (χ2v) is 4.53. The number of carbonyl (C=O) groups excluding carboxylic acids is 1. The number of nitrogens with two attached hydrogens (primary N) is 1. The normalized spacial score (nSPS) is 10.3. The molecule has 3 N–H and O–H groups in total. The molecule has 98 valence electrons. The Morgan fingerprint density at radius 3 is 2.74 bits per heavy atom. The van der Waals surface area contributed by atoms with Crippen LogP contribution < -0.4 is 11.1 Å². The summed E-state index contributed by atoms with van der Waals surface area (Å²) in [6.07, 6.45) is 1.60. The SMILES string of the molecule is Cc1ccc(NC(=O)c2cc(CN)ccn2)c(C)c1. The Morgan fingerprint density at radius 2 is 2.05 bits per heavy atom. The van der Waals surface area contributed by atoms with E-state index in [1.165, 1.54) is 5.56 Å². The summed E-state index contributed by atoms with van der Waals surface area (Å²) in [4.78, 5) is 16.2. The van der Waals surface area contributed by atoms with Gasteiger partial charge in [0.1, 0.15) is 5.69 Å². The molecule has 2 rings (SSSR count). The molecule has 1 aromatic carbocycles. The molecule has 0 aliphatic carbocycles. The van der Waals surface area contributed by atoms with Crippen molar-refractivity contribution in [2.24, 2.45) is 5.73 Å². The number of pyridine rings is 1. The van der Waals surface area contributed by atoms with Gasteiger partial charge >= 0.3 is 0 Å². The molecular formula is C15H17N3O. The first-order chi connectivity index (χ1) is 9.10. The molecule has 19 heavy (non-hydrogen) atoms. The molecule has 1 heterocycles. The van der Waals surface area contributed by atoms with Gasteiger partial charge in [-0.05, 0) is 43.2 Å². The fourth-order valence-corrected chi connectivity index (χ4v) is 1.87. The molecule has 0 saturated carbocycles. The second kappa shape index (κ2) is 5.63. The number of aromatic nitrogens is 1. The van der Waals surface area contributed by atoms with E-state index in [1.807, 2.05) is 32.0 Å². The molecule has 1 aromatic heterocycles. The van der Waals surface area contributed by atoms with Crippen LogP contribution in [0.15, 0.2) is 36.5 Å². The molecule has 1 amide bonds. The van der Waals surface area contributed by atoms with Gasteiger partial charge in [-0.25, -0.2) is 0 Å². The predicted molar refractivity (Wildman–Crippen MR) is 76.0 cm³/mol. The summed E-state index contributed by atoms with van der Waals surface area (Å²) >= 11 is 0. The highest BCUT2D eigenvalue weighted by atomic mass is 16.1. The van der Waals surface area contributed by atoms with E-state index in [0.717, 1.165) is 16.8 Å². The number of aryl methyl sites for hydroxylation is 2. The van der Waals surface area contributed by atoms with Gasteiger partial charge in [-0.2, -0.15) is 0 Å². The van der Waals surface area contributed by atoms with Crippen LogP contribution in [0.25, 0.3) is 0 Å². The van der Waals surface area contributed by atoms with Crippen molar-refractivity contribution in [3.05, 3.63) is 58.9 Å². The number of benzene rings is 1. The molecule has 0 fully saturated rings. The van der Waals surface area contributed by atoms with E-state index in [9.17, 15) is 4.79 Å². The van der Waals surface area contributed by atoms with Crippen LogP contribution in [0.2, 0.25) is 0 Å². The maximum Gasteiger partial charge on any atom is 0.274 e. The van der Waals surface area contributed by atoms with Crippen molar-refractivity contribution in [2.75, 3.05) is 5.32 Å². The lowest BCUT2D eigenvalue weighted by Gasteiger charge is -2.09. The van der Waals surface area contributed by atoms with Crippen LogP contribution in [0, 0.1) is 13.8 Å². The maximum atomic E-state index is 12.1. The maximum absolute atomic E-state index is 12.1. The van der Waals surface area contributed by atoms with Crippen LogP contribution in [-0.4, -0.2) is 10.9 Å². The van der Waals surface area contributed by atoms with Crippen molar-refractivity contribution >= 4 is 11.6 Å². The second-order valence-electron chi connectivity index (χ2n) is 4.53. The standard InChI is InChI=1S/C15H17N3O/c1-10-3-4-13(11(2)7-10)18-15(19)14-8-12(9-16)5-6-17-14/h3-8H,9,16H2,1-2H3,(H,18,19). The van der Waals surface area contributed by atoms with Crippen molar-refractivity contribution in [1.29, 1.82) is 0 Å². The van der Waals surface area contributed by atoms with E-state index < -0.39 is 0 Å². The average Bonchev–Trinajstić information content (AvgIpc) is 2.42. The zero-order valence-corrected chi connectivity index (χ0v) is 11.1. The number of rotatable bonds is 3. The molecule has 4 heteroatoms. The molecule has 0 aliphatic heterocycles. The van der Waals surface area contributed by atoms with Crippen molar-refractivity contribution in [3.8, 4) is 0 Å². The molecule has 2 aromatic rings. The number of amides is 1. The van der Waals surface area contributed by atoms with E-state index in [2.05, 4.69) is 10.3 Å². The summed E-state index contributed by atoms with van der Waals surface area (Å²) in [5, 5.41) is 2.86. The molecule has 0 unspecified atom stereocenters. The summed E-state index contributed by atoms with van der Waals surface area (Å²) in [5.41, 5.74) is 9.82. The topological polar surface area (TPSA) is 68.0 Å². The van der Waals surface area contributed by atoms with Crippen LogP contribution in [-0.2, 0) is 6.54 Å². The summed E-state index contributed by atoms with van der Waals surface area (Å²) in [6, 6.07) is 9.40. The van der Waals surface area contributed by atoms with Gasteiger partial charge in [0, 0.05) is 18.4 Å². The molecule has 0 spiro atoms. The number of hydrogen-bond acceptors (Lipinski definition) is 3. The summed E-state index contributed by atoms with van der Waals surface area (Å²) in [5.74, 6) is -0.220. The minimum absolute atomic E-state index is 0.220. The van der Waals surface area contributed by atoms with Gasteiger partial charge in [0.25, 0.3) is 5.91 Å². The zero-order valence-electron chi connectivity index (χ0n) is 11.1. The van der Waals surface area contributed by atoms with Gasteiger partial charge in [0.15, 0.2) is 0 Å². The van der Waals surface area contributed by atoms with Crippen molar-refractivity contribution in [1.82, 2.24) is 4.98 Å². The minimum atomic E-state index is -0.220. The van der Waals surface area contributed by atoms with Crippen LogP contribution in [0.5, 0.6) is 0 Å². The molecule has 0 saturated heterocycles. The van der Waals surface area contributed by atoms with Crippen LogP contribution in [0.1, 0.15) is 27.2 Å². The Kier molecular flexibility index (Phi) is 3.92. The molecular weight excluding hydrogens is 238 g/mol. The average molecular weight is 255 g/mol. The quantitative estimate of drug-likeness (QED) is 0.885. The zero-order chi connectivity index (χ0) is 13.8. The van der Waals surface area contributed by atoms with Crippen LogP contribution >= 0.6 is 0 Å². The third kappa shape index (κ3) is 3.17. The third-order valence-electron chi connectivity index (χ3n) is 2.92. The molecule has 0 bridgehead atoms. The number of anilines is 1. The summed E-state index contributed by atoms with van der Waals surface area (Å²) < 4.78 is 0. The highest BCUT2D eigenvalue weighted by Crippen LogP contribution is 2.16. The highest BCUT2D eigenvalue weighted by Gasteiger charge is 2.09. The Balaban J connectivity index is 2.20. The third-order valence-corrected chi connectivity index (χ3v) is 2.92. The predicted octanol–water partition coefficient (Wildman–Crippen LogP) is 2.41. The van der Waals surface area contributed by atoms with Crippen molar-refractivity contribution in [2.45, 2.75) is 20.4 Å². The van der Waals surface area contributed by atoms with E-state index in [-0.39, 0.29) is 5.91 Å². The molecule has 0 radical (unpaired) electrons. The van der Waals surface area contributed by atoms with Gasteiger partial charge in [-0.15, -0.1) is 0 Å². The first-order valence-corrected chi connectivity index (χ1v) is 6.14.